The molecule has 16 heavy (non-hydrogen) atoms. The van der Waals surface area contributed by atoms with Crippen LogP contribution in [0.2, 0.25) is 0 Å². The van der Waals surface area contributed by atoms with E-state index >= 15 is 0 Å². The van der Waals surface area contributed by atoms with E-state index in [-0.39, 0.29) is 12.0 Å². The highest BCUT2D eigenvalue weighted by Crippen LogP contribution is 2.02. The number of carbonyl (C=O) groups excluding carboxylic acids is 1. The molecular weight excluding hydrogens is 208 g/mol. The van der Waals surface area contributed by atoms with E-state index in [4.69, 9.17) is 10.6 Å². The molecule has 1 heterocycles. The maximum Gasteiger partial charge on any atom is 0.270 e. The van der Waals surface area contributed by atoms with Crippen molar-refractivity contribution in [2.75, 3.05) is 19.1 Å². The lowest BCUT2D eigenvalue weighted by molar-refractivity contribution is 0.0866. The molecule has 1 rings (SSSR count). The summed E-state index contributed by atoms with van der Waals surface area (Å²) in [7, 11) is 1.59. The van der Waals surface area contributed by atoms with Crippen molar-refractivity contribution in [1.82, 2.24) is 10.3 Å². The second-order valence-corrected chi connectivity index (χ2v) is 3.31. The standard InChI is InChI=1S/C10H16N4O2/c1-7(16-2)6-12-10(15)8-4-3-5-9(13-8)14-11/h3-5,7H,6,11H2,1-2H3,(H,12,15)(H,13,14). The number of nitrogens with two attached hydrogens (primary N) is 1. The van der Waals surface area contributed by atoms with Gasteiger partial charge in [0.2, 0.25) is 0 Å². The topological polar surface area (TPSA) is 89.3 Å². The molecule has 1 atom stereocenters. The number of rotatable bonds is 5. The summed E-state index contributed by atoms with van der Waals surface area (Å²) in [6.45, 7) is 2.31. The summed E-state index contributed by atoms with van der Waals surface area (Å²) >= 11 is 0. The molecule has 0 saturated carbocycles. The van der Waals surface area contributed by atoms with Crippen molar-refractivity contribution in [2.45, 2.75) is 13.0 Å². The molecule has 0 bridgehead atoms. The molecule has 0 aliphatic rings. The van der Waals surface area contributed by atoms with Gasteiger partial charge in [-0.3, -0.25) is 4.79 Å². The Kier molecular flexibility index (Phi) is 4.68. The molecule has 88 valence electrons. The second kappa shape index (κ2) is 6.04. The van der Waals surface area contributed by atoms with Gasteiger partial charge in [-0.15, -0.1) is 0 Å². The van der Waals surface area contributed by atoms with E-state index in [0.717, 1.165) is 0 Å². The number of anilines is 1. The molecule has 4 N–H and O–H groups in total. The van der Waals surface area contributed by atoms with E-state index in [1.807, 2.05) is 6.92 Å². The number of nitrogen functional groups attached to an aromatic ring is 1. The summed E-state index contributed by atoms with van der Waals surface area (Å²) in [6, 6.07) is 5.00. The van der Waals surface area contributed by atoms with Gasteiger partial charge in [0.05, 0.1) is 6.10 Å². The highest BCUT2D eigenvalue weighted by molar-refractivity contribution is 5.92. The third-order valence-electron chi connectivity index (χ3n) is 2.08. The molecule has 0 saturated heterocycles. The van der Waals surface area contributed by atoms with Gasteiger partial charge in [0.15, 0.2) is 0 Å². The summed E-state index contributed by atoms with van der Waals surface area (Å²) in [5.41, 5.74) is 2.70. The first-order valence-electron chi connectivity index (χ1n) is 4.92. The fourth-order valence-electron chi connectivity index (χ4n) is 1.05. The predicted octanol–water partition coefficient (Wildman–Crippen LogP) is 0.132. The number of ether oxygens (including phenoxy) is 1. The van der Waals surface area contributed by atoms with Crippen molar-refractivity contribution in [2.24, 2.45) is 5.84 Å². The second-order valence-electron chi connectivity index (χ2n) is 3.31. The van der Waals surface area contributed by atoms with Crippen LogP contribution in [0.3, 0.4) is 0 Å². The Balaban J connectivity index is 2.58. The highest BCUT2D eigenvalue weighted by Gasteiger charge is 2.08. The monoisotopic (exact) mass is 224 g/mol. The SMILES string of the molecule is COC(C)CNC(=O)c1cccc(NN)n1. The molecule has 6 nitrogen and oxygen atoms in total. The molecule has 0 radical (unpaired) electrons. The summed E-state index contributed by atoms with van der Waals surface area (Å²) < 4.78 is 5.01. The smallest absolute Gasteiger partial charge is 0.270 e. The normalized spacial score (nSPS) is 11.9. The van der Waals surface area contributed by atoms with Crippen LogP contribution in [0.25, 0.3) is 0 Å². The maximum absolute atomic E-state index is 11.6. The van der Waals surface area contributed by atoms with Crippen LogP contribution in [0.15, 0.2) is 18.2 Å². The predicted molar refractivity (Wildman–Crippen MR) is 60.9 cm³/mol. The number of carbonyl (C=O) groups is 1. The molecule has 0 aromatic carbocycles. The van der Waals surface area contributed by atoms with Crippen molar-refractivity contribution < 1.29 is 9.53 Å². The molecule has 1 amide bonds. The zero-order valence-corrected chi connectivity index (χ0v) is 9.36. The van der Waals surface area contributed by atoms with E-state index in [1.165, 1.54) is 0 Å². The van der Waals surface area contributed by atoms with Gasteiger partial charge < -0.3 is 15.5 Å². The van der Waals surface area contributed by atoms with Gasteiger partial charge in [-0.25, -0.2) is 10.8 Å². The van der Waals surface area contributed by atoms with Crippen LogP contribution in [0.5, 0.6) is 0 Å². The van der Waals surface area contributed by atoms with Crippen molar-refractivity contribution in [3.8, 4) is 0 Å². The van der Waals surface area contributed by atoms with Crippen LogP contribution in [-0.4, -0.2) is 30.6 Å². The van der Waals surface area contributed by atoms with Crippen molar-refractivity contribution in [1.29, 1.82) is 0 Å². The van der Waals surface area contributed by atoms with E-state index in [2.05, 4.69) is 15.7 Å². The number of nitrogens with one attached hydrogen (secondary N) is 2. The van der Waals surface area contributed by atoms with Gasteiger partial charge in [-0.2, -0.15) is 0 Å². The van der Waals surface area contributed by atoms with Gasteiger partial charge in [0, 0.05) is 13.7 Å². The van der Waals surface area contributed by atoms with Crippen LogP contribution < -0.4 is 16.6 Å². The number of pyridine rings is 1. The minimum atomic E-state index is -0.249. The first-order valence-corrected chi connectivity index (χ1v) is 4.92. The molecule has 1 aromatic rings. The van der Waals surface area contributed by atoms with Crippen molar-refractivity contribution in [3.63, 3.8) is 0 Å². The summed E-state index contributed by atoms with van der Waals surface area (Å²) in [5.74, 6) is 5.40. The minimum Gasteiger partial charge on any atom is -0.380 e. The van der Waals surface area contributed by atoms with Crippen LogP contribution in [-0.2, 0) is 4.74 Å². The Labute approximate surface area is 94.2 Å². The number of amides is 1. The van der Waals surface area contributed by atoms with E-state index in [1.54, 1.807) is 25.3 Å². The average Bonchev–Trinajstić information content (AvgIpc) is 2.35. The maximum atomic E-state index is 11.6. The third kappa shape index (κ3) is 3.48. The van der Waals surface area contributed by atoms with Crippen LogP contribution in [0.4, 0.5) is 5.82 Å². The first kappa shape index (κ1) is 12.4. The van der Waals surface area contributed by atoms with E-state index < -0.39 is 0 Å². The summed E-state index contributed by atoms with van der Waals surface area (Å²) in [6.07, 6.45) is -0.0280. The Morgan fingerprint density at radius 3 is 3.00 bits per heavy atom. The molecule has 0 fully saturated rings. The Morgan fingerprint density at radius 2 is 2.38 bits per heavy atom. The molecule has 6 heteroatoms. The Morgan fingerprint density at radius 1 is 1.62 bits per heavy atom. The number of hydrogen-bond acceptors (Lipinski definition) is 5. The zero-order valence-electron chi connectivity index (χ0n) is 9.36. The first-order chi connectivity index (χ1) is 7.67. The molecular formula is C10H16N4O2. The van der Waals surface area contributed by atoms with Gasteiger partial charge in [-0.1, -0.05) is 6.07 Å². The summed E-state index contributed by atoms with van der Waals surface area (Å²) in [5, 5.41) is 2.71. The van der Waals surface area contributed by atoms with Crippen molar-refractivity contribution >= 4 is 11.7 Å². The molecule has 1 unspecified atom stereocenters. The van der Waals surface area contributed by atoms with Gasteiger partial charge in [-0.05, 0) is 19.1 Å². The van der Waals surface area contributed by atoms with Gasteiger partial charge >= 0.3 is 0 Å². The number of hydrogen-bond donors (Lipinski definition) is 3. The van der Waals surface area contributed by atoms with Crippen LogP contribution in [0, 0.1) is 0 Å². The molecule has 0 aliphatic heterocycles. The lowest BCUT2D eigenvalue weighted by Gasteiger charge is -2.10. The Hall–Kier alpha value is -1.66. The lowest BCUT2D eigenvalue weighted by Crippen LogP contribution is -2.32. The van der Waals surface area contributed by atoms with Crippen LogP contribution >= 0.6 is 0 Å². The van der Waals surface area contributed by atoms with Gasteiger partial charge in [0.25, 0.3) is 5.91 Å². The largest absolute Gasteiger partial charge is 0.380 e. The number of aromatic nitrogens is 1. The third-order valence-corrected chi connectivity index (χ3v) is 2.08. The average molecular weight is 224 g/mol. The fourth-order valence-corrected chi connectivity index (χ4v) is 1.05. The van der Waals surface area contributed by atoms with E-state index in [9.17, 15) is 4.79 Å². The molecule has 0 aliphatic carbocycles. The quantitative estimate of drug-likeness (QED) is 0.488. The number of methoxy groups -OCH3 is 1. The molecule has 1 aromatic heterocycles. The zero-order chi connectivity index (χ0) is 12.0. The highest BCUT2D eigenvalue weighted by atomic mass is 16.5. The lowest BCUT2D eigenvalue weighted by atomic mass is 10.3. The van der Waals surface area contributed by atoms with E-state index in [0.29, 0.717) is 18.1 Å². The fraction of sp³-hybridized carbons (Fsp3) is 0.400. The van der Waals surface area contributed by atoms with Crippen LogP contribution in [0.1, 0.15) is 17.4 Å². The van der Waals surface area contributed by atoms with Gasteiger partial charge in [0.1, 0.15) is 11.5 Å². The number of nitrogens with zero attached hydrogens (tertiary/aromatic N) is 1. The Bertz CT molecular complexity index is 356. The minimum absolute atomic E-state index is 0.0280. The number of hydrazine groups is 1. The molecule has 0 spiro atoms. The van der Waals surface area contributed by atoms with Crippen molar-refractivity contribution in [3.05, 3.63) is 23.9 Å². The summed E-state index contributed by atoms with van der Waals surface area (Å²) in [4.78, 5) is 15.6.